The fourth-order valence-corrected chi connectivity index (χ4v) is 1.96. The molecule has 0 heterocycles. The molecule has 0 radical (unpaired) electrons. The average molecular weight is 486 g/mol. The summed E-state index contributed by atoms with van der Waals surface area (Å²) in [6, 6.07) is -1.57. The van der Waals surface area contributed by atoms with Crippen LogP contribution < -0.4 is 21.7 Å². The molecule has 0 aromatic heterocycles. The summed E-state index contributed by atoms with van der Waals surface area (Å²) in [7, 11) is 0. The van der Waals surface area contributed by atoms with E-state index in [-0.39, 0.29) is 13.0 Å². The maximum atomic E-state index is 11.5. The molecule has 0 aromatic carbocycles. The number of aliphatic carboxylic acids is 2. The summed E-state index contributed by atoms with van der Waals surface area (Å²) in [6.45, 7) is 0.853. The number of rotatable bonds is 12. The molecule has 0 fully saturated rings. The molecule has 0 aliphatic carbocycles. The summed E-state index contributed by atoms with van der Waals surface area (Å²) < 4.78 is 0.689. The van der Waals surface area contributed by atoms with E-state index < -0.39 is 24.0 Å². The Labute approximate surface area is 139 Å². The van der Waals surface area contributed by atoms with E-state index in [0.717, 1.165) is 25.8 Å². The molecular weight excluding hydrogens is 464 g/mol. The van der Waals surface area contributed by atoms with Crippen LogP contribution in [0.15, 0.2) is 0 Å². The number of nitrogens with two attached hydrogens (primary N) is 1. The summed E-state index contributed by atoms with van der Waals surface area (Å²) in [5.74, 6) is -2.04. The van der Waals surface area contributed by atoms with Crippen molar-refractivity contribution < 1.29 is 44.0 Å². The number of carboxylic acid groups (broad SMARTS) is 2. The van der Waals surface area contributed by atoms with Crippen LogP contribution in [0.3, 0.4) is 0 Å². The molecule has 1 atom stereocenters. The van der Waals surface area contributed by atoms with Crippen molar-refractivity contribution in [2.45, 2.75) is 38.1 Å². The molecule has 1 unspecified atom stereocenters. The first-order chi connectivity index (χ1) is 10.3. The third kappa shape index (κ3) is 12.4. The molecule has 0 rings (SSSR count). The zero-order valence-electron chi connectivity index (χ0n) is 12.1. The molecule has 0 saturated carbocycles. The van der Waals surface area contributed by atoms with Gasteiger partial charge in [0, 0.05) is 6.42 Å². The van der Waals surface area contributed by atoms with Gasteiger partial charge in [-0.25, -0.2) is 0 Å². The topological polar surface area (TPSA) is 154 Å². The van der Waals surface area contributed by atoms with Crippen LogP contribution in [0.5, 0.6) is 0 Å². The quantitative estimate of drug-likeness (QED) is 0.193. The molecular formula is C12H22N4O5W. The molecule has 0 aliphatic rings. The van der Waals surface area contributed by atoms with Gasteiger partial charge in [0.2, 0.25) is 0 Å². The van der Waals surface area contributed by atoms with Gasteiger partial charge in [0.15, 0.2) is 0 Å². The molecule has 2 amide bonds. The van der Waals surface area contributed by atoms with Gasteiger partial charge in [0.1, 0.15) is 0 Å². The molecule has 0 bridgehead atoms. The van der Waals surface area contributed by atoms with Crippen molar-refractivity contribution in [1.29, 1.82) is 0 Å². The number of unbranched alkanes of at least 4 members (excludes halogenated alkanes) is 1. The van der Waals surface area contributed by atoms with Crippen LogP contribution in [0.4, 0.5) is 4.79 Å². The van der Waals surface area contributed by atoms with Crippen molar-refractivity contribution in [3.05, 3.63) is 0 Å². The van der Waals surface area contributed by atoms with Gasteiger partial charge in [-0.1, -0.05) is 0 Å². The second kappa shape index (κ2) is 12.3. The van der Waals surface area contributed by atoms with Crippen LogP contribution in [0, 0.1) is 0 Å². The predicted molar refractivity (Wildman–Crippen MR) is 75.9 cm³/mol. The average Bonchev–Trinajstić information content (AvgIpc) is 2.41. The van der Waals surface area contributed by atoms with Gasteiger partial charge in [-0.3, -0.25) is 4.79 Å². The number of urea groups is 1. The fraction of sp³-hybridized carbons (Fsp3) is 0.667. The van der Waals surface area contributed by atoms with Crippen LogP contribution >= 0.6 is 0 Å². The van der Waals surface area contributed by atoms with Crippen LogP contribution in [0.25, 0.3) is 0 Å². The van der Waals surface area contributed by atoms with Crippen molar-refractivity contribution in [1.82, 2.24) is 16.0 Å². The number of carboxylic acids is 2. The molecule has 0 spiro atoms. The molecule has 7 N–H and O–H groups in total. The molecule has 0 saturated heterocycles. The third-order valence-electron chi connectivity index (χ3n) is 2.68. The van der Waals surface area contributed by atoms with E-state index in [1.807, 2.05) is 0 Å². The number of hydrogen-bond acceptors (Lipinski definition) is 5. The van der Waals surface area contributed by atoms with E-state index in [9.17, 15) is 14.4 Å². The van der Waals surface area contributed by atoms with Crippen molar-refractivity contribution in [2.24, 2.45) is 5.73 Å². The molecule has 22 heavy (non-hydrogen) atoms. The summed E-state index contributed by atoms with van der Waals surface area (Å²) in [4.78, 5) is 32.9. The first-order valence-corrected chi connectivity index (χ1v) is 8.32. The number of carbonyl (C=O) groups is 3. The van der Waals surface area contributed by atoms with E-state index in [2.05, 4.69) is 16.0 Å². The summed E-state index contributed by atoms with van der Waals surface area (Å²) in [6.07, 6.45) is 1.94. The number of nitrogens with one attached hydrogen (secondary N) is 3. The normalized spacial score (nSPS) is 11.5. The zero-order chi connectivity index (χ0) is 17.0. The van der Waals surface area contributed by atoms with Crippen LogP contribution in [-0.2, 0) is 28.9 Å². The predicted octanol–water partition coefficient (Wildman–Crippen LogP) is -1.04. The summed E-state index contributed by atoms with van der Waals surface area (Å²) >= 11 is 1.15. The molecule has 9 nitrogen and oxygen atoms in total. The SMILES string of the molecule is N[C](=[W])NCCCCC(NC(=O)NCCCC(=O)O)C(=O)O. The van der Waals surface area contributed by atoms with Crippen molar-refractivity contribution in [3.8, 4) is 0 Å². The van der Waals surface area contributed by atoms with Gasteiger partial charge >= 0.3 is 123 Å². The maximum absolute atomic E-state index is 11.5. The second-order valence-corrected chi connectivity index (χ2v) is 6.16. The van der Waals surface area contributed by atoms with Gasteiger partial charge in [-0.15, -0.1) is 0 Å². The number of hydrogen-bond donors (Lipinski definition) is 6. The number of amides is 2. The van der Waals surface area contributed by atoms with Crippen LogP contribution in [0.1, 0.15) is 32.1 Å². The minimum atomic E-state index is -1.10. The van der Waals surface area contributed by atoms with E-state index >= 15 is 0 Å². The molecule has 0 aliphatic heterocycles. The minimum absolute atomic E-state index is 0.0467. The number of carbonyl (C=O) groups excluding carboxylic acids is 1. The molecule has 126 valence electrons. The Kier molecular flexibility index (Phi) is 11.5. The van der Waals surface area contributed by atoms with Gasteiger partial charge in [-0.05, 0) is 0 Å². The first-order valence-electron chi connectivity index (χ1n) is 6.85. The summed E-state index contributed by atoms with van der Waals surface area (Å²) in [5, 5.41) is 25.3. The standard InChI is InChI=1S/C12H22N4O5.W/c13-8-14-6-2-1-4-9(11(19)20)16-12(21)15-7-3-5-10(17)18;/h9,14H,1-7,13H2,(H,17,18)(H,19,20)(H2,15,16,21);. The van der Waals surface area contributed by atoms with Gasteiger partial charge in [0.25, 0.3) is 0 Å². The third-order valence-corrected chi connectivity index (χ3v) is 3.19. The van der Waals surface area contributed by atoms with Crippen molar-refractivity contribution in [3.63, 3.8) is 0 Å². The Morgan fingerprint density at radius 3 is 2.23 bits per heavy atom. The van der Waals surface area contributed by atoms with E-state index in [0.29, 0.717) is 30.0 Å². The van der Waals surface area contributed by atoms with Crippen molar-refractivity contribution in [2.75, 3.05) is 13.1 Å². The van der Waals surface area contributed by atoms with Crippen LogP contribution in [0.2, 0.25) is 0 Å². The Morgan fingerprint density at radius 1 is 1.05 bits per heavy atom. The zero-order valence-corrected chi connectivity index (χ0v) is 15.1. The molecule has 10 heteroatoms. The van der Waals surface area contributed by atoms with E-state index in [4.69, 9.17) is 15.9 Å². The monoisotopic (exact) mass is 486 g/mol. The fourth-order valence-electron chi connectivity index (χ4n) is 1.59. The Bertz CT molecular complexity index is 405. The van der Waals surface area contributed by atoms with E-state index in [1.165, 1.54) is 0 Å². The van der Waals surface area contributed by atoms with E-state index in [1.54, 1.807) is 0 Å². The second-order valence-electron chi connectivity index (χ2n) is 4.58. The molecule has 0 aromatic rings. The first kappa shape index (κ1) is 20.7. The van der Waals surface area contributed by atoms with Gasteiger partial charge in [-0.2, -0.15) is 0 Å². The Hall–Kier alpha value is -1.31. The van der Waals surface area contributed by atoms with Gasteiger partial charge < -0.3 is 5.11 Å². The van der Waals surface area contributed by atoms with Gasteiger partial charge in [0.05, 0.1) is 0 Å². The Balaban J connectivity index is 3.92. The van der Waals surface area contributed by atoms with Crippen LogP contribution in [-0.4, -0.2) is 51.5 Å². The summed E-state index contributed by atoms with van der Waals surface area (Å²) in [5.41, 5.74) is 5.47. The van der Waals surface area contributed by atoms with Crippen molar-refractivity contribution >= 4 is 22.1 Å². The Morgan fingerprint density at radius 2 is 1.68 bits per heavy atom.